The monoisotopic (exact) mass is 166 g/mol. The van der Waals surface area contributed by atoms with E-state index in [4.69, 9.17) is 5.73 Å². The third-order valence-electron chi connectivity index (χ3n) is 2.39. The van der Waals surface area contributed by atoms with Gasteiger partial charge < -0.3 is 5.73 Å². The smallest absolute Gasteiger partial charge is 0.0317 e. The molecule has 2 nitrogen and oxygen atoms in total. The Morgan fingerprint density at radius 3 is 2.58 bits per heavy atom. The lowest BCUT2D eigenvalue weighted by Crippen LogP contribution is -2.34. The Balaban J connectivity index is 2.51. The van der Waals surface area contributed by atoms with Crippen LogP contribution in [0.15, 0.2) is 23.9 Å². The normalized spacial score (nSPS) is 22.9. The highest BCUT2D eigenvalue weighted by atomic mass is 15.1. The summed E-state index contributed by atoms with van der Waals surface area (Å²) in [6, 6.07) is 0.562. The van der Waals surface area contributed by atoms with Crippen LogP contribution < -0.4 is 5.73 Å². The van der Waals surface area contributed by atoms with Crippen LogP contribution in [0, 0.1) is 0 Å². The van der Waals surface area contributed by atoms with E-state index < -0.39 is 0 Å². The molecule has 1 rings (SSSR count). The number of allylic oxidation sites excluding steroid dienone is 1. The highest BCUT2D eigenvalue weighted by Gasteiger charge is 2.12. The van der Waals surface area contributed by atoms with Gasteiger partial charge >= 0.3 is 0 Å². The molecule has 0 amide bonds. The number of rotatable bonds is 3. The molecule has 0 fully saturated rings. The summed E-state index contributed by atoms with van der Waals surface area (Å²) >= 11 is 0. The van der Waals surface area contributed by atoms with Crippen molar-refractivity contribution in [2.75, 3.05) is 13.1 Å². The van der Waals surface area contributed by atoms with Gasteiger partial charge in [0.2, 0.25) is 0 Å². The molecule has 0 aromatic rings. The second-order valence-electron chi connectivity index (χ2n) is 3.09. The van der Waals surface area contributed by atoms with Crippen molar-refractivity contribution in [2.24, 2.45) is 5.73 Å². The van der Waals surface area contributed by atoms with Gasteiger partial charge in [-0.05, 0) is 25.6 Å². The van der Waals surface area contributed by atoms with Gasteiger partial charge in [-0.25, -0.2) is 0 Å². The van der Waals surface area contributed by atoms with Gasteiger partial charge in [0.1, 0.15) is 0 Å². The Morgan fingerprint density at radius 2 is 2.17 bits per heavy atom. The van der Waals surface area contributed by atoms with Crippen LogP contribution in [0.4, 0.5) is 0 Å². The molecule has 0 spiro atoms. The summed E-state index contributed by atoms with van der Waals surface area (Å²) in [4.78, 5) is 2.43. The zero-order valence-electron chi connectivity index (χ0n) is 7.96. The van der Waals surface area contributed by atoms with Gasteiger partial charge in [-0.1, -0.05) is 26.0 Å². The fourth-order valence-corrected chi connectivity index (χ4v) is 1.59. The van der Waals surface area contributed by atoms with Crippen molar-refractivity contribution in [3.05, 3.63) is 23.9 Å². The van der Waals surface area contributed by atoms with E-state index in [0.29, 0.717) is 6.04 Å². The average Bonchev–Trinajstić information content (AvgIpc) is 2.10. The first-order valence-corrected chi connectivity index (χ1v) is 4.65. The molecular weight excluding hydrogens is 148 g/mol. The molecule has 0 saturated carbocycles. The molecular formula is C10H18N2. The van der Waals surface area contributed by atoms with Crippen molar-refractivity contribution in [1.82, 2.24) is 4.90 Å². The molecule has 2 N–H and O–H groups in total. The summed E-state index contributed by atoms with van der Waals surface area (Å²) in [6.45, 7) is 6.61. The standard InChI is InChI=1S/C10H18N2/c1-3-12(4-2)10-7-5-9(11)6-8-10/h5-7,10H,3-4,8,11H2,1-2H3. The second-order valence-corrected chi connectivity index (χ2v) is 3.09. The first-order valence-electron chi connectivity index (χ1n) is 4.65. The van der Waals surface area contributed by atoms with E-state index in [1.165, 1.54) is 0 Å². The number of nitrogens with zero attached hydrogens (tertiary/aromatic N) is 1. The molecule has 1 aliphatic rings. The molecule has 0 saturated heterocycles. The van der Waals surface area contributed by atoms with Crippen LogP contribution in [0.2, 0.25) is 0 Å². The maximum atomic E-state index is 5.64. The Morgan fingerprint density at radius 1 is 1.50 bits per heavy atom. The van der Waals surface area contributed by atoms with Crippen LogP contribution in [0.3, 0.4) is 0 Å². The molecule has 68 valence electrons. The maximum Gasteiger partial charge on any atom is 0.0317 e. The molecule has 0 aromatic carbocycles. The van der Waals surface area contributed by atoms with Gasteiger partial charge in [0, 0.05) is 11.7 Å². The molecule has 1 aliphatic carbocycles. The number of nitrogens with two attached hydrogens (primary N) is 1. The molecule has 2 heteroatoms. The zero-order chi connectivity index (χ0) is 8.97. The van der Waals surface area contributed by atoms with Crippen molar-refractivity contribution < 1.29 is 0 Å². The van der Waals surface area contributed by atoms with E-state index in [1.807, 2.05) is 6.08 Å². The third-order valence-corrected chi connectivity index (χ3v) is 2.39. The second kappa shape index (κ2) is 4.31. The first kappa shape index (κ1) is 9.33. The first-order chi connectivity index (χ1) is 5.77. The molecule has 1 unspecified atom stereocenters. The molecule has 0 bridgehead atoms. The molecule has 0 heterocycles. The molecule has 0 radical (unpaired) electrons. The van der Waals surface area contributed by atoms with Crippen LogP contribution >= 0.6 is 0 Å². The number of likely N-dealkylation sites (N-methyl/N-ethyl adjacent to an activating group) is 1. The van der Waals surface area contributed by atoms with E-state index in [9.17, 15) is 0 Å². The van der Waals surface area contributed by atoms with Crippen molar-refractivity contribution in [3.8, 4) is 0 Å². The van der Waals surface area contributed by atoms with Crippen LogP contribution in [-0.2, 0) is 0 Å². The van der Waals surface area contributed by atoms with Crippen molar-refractivity contribution in [2.45, 2.75) is 26.3 Å². The summed E-state index contributed by atoms with van der Waals surface area (Å²) in [6.07, 6.45) is 7.36. The summed E-state index contributed by atoms with van der Waals surface area (Å²) < 4.78 is 0. The van der Waals surface area contributed by atoms with E-state index in [0.717, 1.165) is 25.2 Å². The van der Waals surface area contributed by atoms with E-state index in [2.05, 4.69) is 30.9 Å². The summed E-state index contributed by atoms with van der Waals surface area (Å²) in [5.74, 6) is 0. The summed E-state index contributed by atoms with van der Waals surface area (Å²) in [7, 11) is 0. The SMILES string of the molecule is CCN(CC)C1C=CC(N)=CC1. The Hall–Kier alpha value is -0.760. The van der Waals surface area contributed by atoms with Gasteiger partial charge in [-0.3, -0.25) is 4.90 Å². The largest absolute Gasteiger partial charge is 0.399 e. The fourth-order valence-electron chi connectivity index (χ4n) is 1.59. The zero-order valence-corrected chi connectivity index (χ0v) is 7.96. The van der Waals surface area contributed by atoms with Crippen LogP contribution in [-0.4, -0.2) is 24.0 Å². The van der Waals surface area contributed by atoms with Gasteiger partial charge in [0.25, 0.3) is 0 Å². The minimum atomic E-state index is 0.562. The molecule has 0 aromatic heterocycles. The average molecular weight is 166 g/mol. The topological polar surface area (TPSA) is 29.3 Å². The van der Waals surface area contributed by atoms with Gasteiger partial charge in [0.15, 0.2) is 0 Å². The van der Waals surface area contributed by atoms with Crippen LogP contribution in [0.5, 0.6) is 0 Å². The minimum Gasteiger partial charge on any atom is -0.399 e. The minimum absolute atomic E-state index is 0.562. The fraction of sp³-hybridized carbons (Fsp3) is 0.600. The number of hydrogen-bond acceptors (Lipinski definition) is 2. The maximum absolute atomic E-state index is 5.64. The van der Waals surface area contributed by atoms with E-state index >= 15 is 0 Å². The van der Waals surface area contributed by atoms with E-state index in [1.54, 1.807) is 0 Å². The van der Waals surface area contributed by atoms with Gasteiger partial charge in [-0.15, -0.1) is 0 Å². The van der Waals surface area contributed by atoms with Crippen molar-refractivity contribution in [3.63, 3.8) is 0 Å². The highest BCUT2D eigenvalue weighted by molar-refractivity contribution is 5.22. The van der Waals surface area contributed by atoms with Crippen LogP contribution in [0.1, 0.15) is 20.3 Å². The van der Waals surface area contributed by atoms with Crippen molar-refractivity contribution >= 4 is 0 Å². The van der Waals surface area contributed by atoms with Crippen LogP contribution in [0.25, 0.3) is 0 Å². The van der Waals surface area contributed by atoms with Gasteiger partial charge in [-0.2, -0.15) is 0 Å². The molecule has 12 heavy (non-hydrogen) atoms. The summed E-state index contributed by atoms with van der Waals surface area (Å²) in [5, 5.41) is 0. The lowest BCUT2D eigenvalue weighted by molar-refractivity contribution is 0.253. The predicted molar refractivity (Wildman–Crippen MR) is 52.7 cm³/mol. The highest BCUT2D eigenvalue weighted by Crippen LogP contribution is 2.12. The Bertz CT molecular complexity index is 190. The molecule has 0 aliphatic heterocycles. The van der Waals surface area contributed by atoms with E-state index in [-0.39, 0.29) is 0 Å². The quantitative estimate of drug-likeness (QED) is 0.688. The molecule has 1 atom stereocenters. The lowest BCUT2D eigenvalue weighted by atomic mass is 10.1. The Labute approximate surface area is 74.7 Å². The summed E-state index contributed by atoms with van der Waals surface area (Å²) in [5.41, 5.74) is 6.54. The third kappa shape index (κ3) is 2.11. The predicted octanol–water partition coefficient (Wildman–Crippen LogP) is 1.50. The van der Waals surface area contributed by atoms with Crippen molar-refractivity contribution in [1.29, 1.82) is 0 Å². The number of hydrogen-bond donors (Lipinski definition) is 1. The lowest BCUT2D eigenvalue weighted by Gasteiger charge is -2.27. The van der Waals surface area contributed by atoms with Gasteiger partial charge in [0.05, 0.1) is 0 Å². The Kier molecular flexibility index (Phi) is 3.35.